The second kappa shape index (κ2) is 9.24. The first-order valence-electron chi connectivity index (χ1n) is 10.4. The first-order chi connectivity index (χ1) is 16.5. The molecular weight excluding hydrogens is 483 g/mol. The van der Waals surface area contributed by atoms with Crippen LogP contribution >= 0.6 is 11.8 Å². The second-order valence-corrected chi connectivity index (χ2v) is 9.26. The van der Waals surface area contributed by atoms with Gasteiger partial charge in [0.05, 0.1) is 49.1 Å². The number of nitrogens with two attached hydrogens (primary N) is 1. The molecule has 8 nitrogen and oxygen atoms in total. The zero-order valence-electron chi connectivity index (χ0n) is 18.8. The van der Waals surface area contributed by atoms with Gasteiger partial charge in [0.1, 0.15) is 16.6 Å². The molecule has 2 aromatic heterocycles. The number of halogens is 3. The molecule has 0 bridgehead atoms. The summed E-state index contributed by atoms with van der Waals surface area (Å²) in [6, 6.07) is 6.34. The summed E-state index contributed by atoms with van der Waals surface area (Å²) in [6.07, 6.45) is 2.73. The van der Waals surface area contributed by atoms with Crippen LogP contribution in [-0.2, 0) is 0 Å². The third-order valence-corrected chi connectivity index (χ3v) is 6.12. The molecule has 184 valence electrons. The van der Waals surface area contributed by atoms with E-state index in [-0.39, 0.29) is 53.7 Å². The van der Waals surface area contributed by atoms with Gasteiger partial charge in [0.25, 0.3) is 5.91 Å². The number of amides is 1. The number of nitrogen functional groups attached to an aromatic ring is 1. The highest BCUT2D eigenvalue weighted by atomic mass is 32.2. The van der Waals surface area contributed by atoms with E-state index in [1.165, 1.54) is 34.9 Å². The average molecular weight is 506 g/mol. The SMILES string of the molecule is COc1cc(C(=O)N2CC(C)(O)C2)ccc1NCC#Cc1cc2c(N)nccn2c1SC(F)(F)F. The van der Waals surface area contributed by atoms with E-state index in [0.717, 1.165) is 0 Å². The molecule has 1 aliphatic heterocycles. The van der Waals surface area contributed by atoms with Crippen molar-refractivity contribution in [2.24, 2.45) is 0 Å². The molecule has 0 radical (unpaired) electrons. The molecule has 0 aliphatic carbocycles. The number of benzene rings is 1. The molecule has 0 spiro atoms. The van der Waals surface area contributed by atoms with Crippen molar-refractivity contribution >= 4 is 34.7 Å². The van der Waals surface area contributed by atoms with Crippen molar-refractivity contribution in [3.8, 4) is 17.6 Å². The number of aromatic nitrogens is 2. The van der Waals surface area contributed by atoms with Gasteiger partial charge in [-0.25, -0.2) is 4.98 Å². The van der Waals surface area contributed by atoms with Crippen molar-refractivity contribution in [1.82, 2.24) is 14.3 Å². The highest BCUT2D eigenvalue weighted by molar-refractivity contribution is 8.00. The second-order valence-electron chi connectivity index (χ2n) is 8.21. The van der Waals surface area contributed by atoms with Gasteiger partial charge in [0.2, 0.25) is 0 Å². The first-order valence-corrected chi connectivity index (χ1v) is 11.2. The number of thioether (sulfide) groups is 1. The number of methoxy groups -OCH3 is 1. The number of hydrogen-bond donors (Lipinski definition) is 3. The molecule has 1 amide bonds. The lowest BCUT2D eigenvalue weighted by Gasteiger charge is -2.44. The zero-order chi connectivity index (χ0) is 25.4. The number of alkyl halides is 3. The Morgan fingerprint density at radius 1 is 1.37 bits per heavy atom. The van der Waals surface area contributed by atoms with Crippen LogP contribution in [0.15, 0.2) is 41.7 Å². The lowest BCUT2D eigenvalue weighted by Crippen LogP contribution is -2.61. The fourth-order valence-electron chi connectivity index (χ4n) is 3.75. The summed E-state index contributed by atoms with van der Waals surface area (Å²) < 4.78 is 46.0. The molecule has 1 fully saturated rings. The van der Waals surface area contributed by atoms with E-state index < -0.39 is 11.1 Å². The van der Waals surface area contributed by atoms with Crippen LogP contribution in [0.2, 0.25) is 0 Å². The van der Waals surface area contributed by atoms with Crippen molar-refractivity contribution in [2.45, 2.75) is 23.1 Å². The summed E-state index contributed by atoms with van der Waals surface area (Å²) in [6.45, 7) is 2.29. The third-order valence-electron chi connectivity index (χ3n) is 5.28. The molecule has 4 N–H and O–H groups in total. The normalized spacial score (nSPS) is 14.7. The first kappa shape index (κ1) is 24.6. The van der Waals surface area contributed by atoms with Gasteiger partial charge in [-0.3, -0.25) is 4.79 Å². The quantitative estimate of drug-likeness (QED) is 0.361. The molecule has 0 atom stereocenters. The third kappa shape index (κ3) is 5.41. The maximum Gasteiger partial charge on any atom is 0.447 e. The maximum atomic E-state index is 13.1. The molecule has 4 rings (SSSR count). The summed E-state index contributed by atoms with van der Waals surface area (Å²) in [5, 5.41) is 12.8. The molecule has 1 saturated heterocycles. The van der Waals surface area contributed by atoms with Gasteiger partial charge in [-0.15, -0.1) is 0 Å². The van der Waals surface area contributed by atoms with E-state index in [4.69, 9.17) is 10.5 Å². The number of likely N-dealkylation sites (tertiary alicyclic amines) is 1. The number of carbonyl (C=O) groups is 1. The van der Waals surface area contributed by atoms with Crippen LogP contribution in [0, 0.1) is 11.8 Å². The summed E-state index contributed by atoms with van der Waals surface area (Å²) >= 11 is -0.269. The van der Waals surface area contributed by atoms with Gasteiger partial charge in [0.15, 0.2) is 0 Å². The Bertz CT molecular complexity index is 1340. The van der Waals surface area contributed by atoms with E-state index in [2.05, 4.69) is 22.1 Å². The number of ether oxygens (including phenoxy) is 1. The Hall–Kier alpha value is -3.56. The molecule has 3 aromatic rings. The molecule has 0 unspecified atom stereocenters. The lowest BCUT2D eigenvalue weighted by atomic mass is 9.96. The minimum Gasteiger partial charge on any atom is -0.495 e. The van der Waals surface area contributed by atoms with Gasteiger partial charge < -0.3 is 30.2 Å². The van der Waals surface area contributed by atoms with E-state index >= 15 is 0 Å². The highest BCUT2D eigenvalue weighted by Crippen LogP contribution is 2.40. The molecule has 1 aromatic carbocycles. The smallest absolute Gasteiger partial charge is 0.447 e. The maximum absolute atomic E-state index is 13.1. The summed E-state index contributed by atoms with van der Waals surface area (Å²) in [4.78, 5) is 18.0. The van der Waals surface area contributed by atoms with Crippen molar-refractivity contribution in [1.29, 1.82) is 0 Å². The Balaban J connectivity index is 1.50. The van der Waals surface area contributed by atoms with Crippen molar-refractivity contribution in [3.63, 3.8) is 0 Å². The average Bonchev–Trinajstić information content (AvgIpc) is 3.11. The Morgan fingerprint density at radius 3 is 2.77 bits per heavy atom. The van der Waals surface area contributed by atoms with Gasteiger partial charge >= 0.3 is 5.51 Å². The Kier molecular flexibility index (Phi) is 6.48. The lowest BCUT2D eigenvalue weighted by molar-refractivity contribution is -0.0668. The minimum absolute atomic E-state index is 0.0977. The molecule has 35 heavy (non-hydrogen) atoms. The Labute approximate surface area is 203 Å². The van der Waals surface area contributed by atoms with Gasteiger partial charge in [0, 0.05) is 29.7 Å². The van der Waals surface area contributed by atoms with Crippen molar-refractivity contribution in [3.05, 3.63) is 47.8 Å². The minimum atomic E-state index is -4.50. The largest absolute Gasteiger partial charge is 0.495 e. The number of hydrogen-bond acceptors (Lipinski definition) is 7. The summed E-state index contributed by atoms with van der Waals surface area (Å²) in [5.74, 6) is 5.87. The van der Waals surface area contributed by atoms with Gasteiger partial charge in [-0.1, -0.05) is 11.8 Å². The van der Waals surface area contributed by atoms with Crippen LogP contribution in [0.25, 0.3) is 5.52 Å². The standard InChI is InChI=1S/C23H22F3N5O3S/c1-22(33)12-30(13-22)20(32)14-5-6-16(18(11-14)34-2)28-7-3-4-15-10-17-19(27)29-8-9-31(17)21(15)35-23(24,25)26/h5-6,8-11,28,33H,7,12-13H2,1-2H3,(H2,27,29). The van der Waals surface area contributed by atoms with E-state index in [1.54, 1.807) is 25.1 Å². The fraction of sp³-hybridized carbons (Fsp3) is 0.304. The van der Waals surface area contributed by atoms with E-state index in [9.17, 15) is 23.1 Å². The Morgan fingerprint density at radius 2 is 2.11 bits per heavy atom. The number of β-amino-alcohol motifs (C(OH)–C–C–N with tert-alkyl or cyclic N) is 1. The highest BCUT2D eigenvalue weighted by Gasteiger charge is 2.39. The summed E-state index contributed by atoms with van der Waals surface area (Å²) in [7, 11) is 1.46. The van der Waals surface area contributed by atoms with Crippen LogP contribution in [0.4, 0.5) is 24.7 Å². The molecule has 1 aliphatic rings. The number of aliphatic hydroxyl groups is 1. The van der Waals surface area contributed by atoms with Crippen LogP contribution < -0.4 is 15.8 Å². The molecular formula is C23H22F3N5O3S. The molecule has 12 heteroatoms. The molecule has 0 saturated carbocycles. The predicted molar refractivity (Wildman–Crippen MR) is 126 cm³/mol. The van der Waals surface area contributed by atoms with Crippen molar-refractivity contribution < 1.29 is 27.8 Å². The van der Waals surface area contributed by atoms with Crippen molar-refractivity contribution in [2.75, 3.05) is 37.8 Å². The number of rotatable bonds is 5. The number of nitrogens with one attached hydrogen (secondary N) is 1. The monoisotopic (exact) mass is 505 g/mol. The van der Waals surface area contributed by atoms with E-state index in [0.29, 0.717) is 22.5 Å². The number of nitrogens with zero attached hydrogens (tertiary/aromatic N) is 3. The van der Waals surface area contributed by atoms with Crippen LogP contribution in [0.3, 0.4) is 0 Å². The fourth-order valence-corrected chi connectivity index (χ4v) is 4.45. The number of fused-ring (bicyclic) bond motifs is 1. The predicted octanol–water partition coefficient (Wildman–Crippen LogP) is 3.21. The zero-order valence-corrected chi connectivity index (χ0v) is 19.6. The van der Waals surface area contributed by atoms with Crippen LogP contribution in [-0.4, -0.2) is 63.2 Å². The van der Waals surface area contributed by atoms with Gasteiger partial charge in [-0.05, 0) is 31.2 Å². The number of carbonyl (C=O) groups excluding carboxylic acids is 1. The number of anilines is 2. The van der Waals surface area contributed by atoms with Crippen LogP contribution in [0.1, 0.15) is 22.8 Å². The molecule has 3 heterocycles. The van der Waals surface area contributed by atoms with Gasteiger partial charge in [-0.2, -0.15) is 13.2 Å². The summed E-state index contributed by atoms with van der Waals surface area (Å²) in [5.41, 5.74) is 1.92. The van der Waals surface area contributed by atoms with E-state index in [1.807, 2.05) is 0 Å². The van der Waals surface area contributed by atoms with Crippen LogP contribution in [0.5, 0.6) is 5.75 Å². The topological polar surface area (TPSA) is 105 Å².